The number of carbonyl (C=O) groups excluding carboxylic acids is 10. The molecule has 34 heteroatoms. The number of aromatic amines is 1. The number of hydrogen-bond donors (Lipinski definition) is 22. The highest BCUT2D eigenvalue weighted by Crippen LogP contribution is 2.21. The van der Waals surface area contributed by atoms with E-state index in [0.717, 1.165) is 13.8 Å². The van der Waals surface area contributed by atoms with Gasteiger partial charge in [0.1, 0.15) is 59.8 Å². The fourth-order valence-corrected chi connectivity index (χ4v) is 9.45. The summed E-state index contributed by atoms with van der Waals surface area (Å²) >= 11 is 0. The number of carboxylic acids is 2. The van der Waals surface area contributed by atoms with Crippen molar-refractivity contribution in [1.29, 1.82) is 5.41 Å². The lowest BCUT2D eigenvalue weighted by Gasteiger charge is -2.29. The molecule has 0 saturated heterocycles. The van der Waals surface area contributed by atoms with Crippen LogP contribution in [0, 0.1) is 11.3 Å². The molecule has 4 rings (SSSR count). The van der Waals surface area contributed by atoms with Gasteiger partial charge < -0.3 is 111 Å². The van der Waals surface area contributed by atoms with Crippen molar-refractivity contribution in [2.45, 2.75) is 152 Å². The summed E-state index contributed by atoms with van der Waals surface area (Å²) in [5.41, 5.74) is 18.2. The van der Waals surface area contributed by atoms with Crippen LogP contribution < -0.4 is 70.4 Å². The molecule has 12 atom stereocenters. The molecule has 0 fully saturated rings. The Labute approximate surface area is 538 Å². The van der Waals surface area contributed by atoms with Gasteiger partial charge in [-0.1, -0.05) is 56.3 Å². The average Bonchev–Trinajstić information content (AvgIpc) is 1.88. The number of carbonyl (C=O) groups is 12. The highest BCUT2D eigenvalue weighted by molar-refractivity contribution is 6.00. The smallest absolute Gasteiger partial charge is 0.328 e. The molecule has 1 aromatic heterocycles. The number of aromatic hydroxyl groups is 2. The highest BCUT2D eigenvalue weighted by Gasteiger charge is 2.38. The van der Waals surface area contributed by atoms with Crippen molar-refractivity contribution in [3.63, 3.8) is 0 Å². The van der Waals surface area contributed by atoms with Gasteiger partial charge in [0.25, 0.3) is 0 Å². The number of benzene rings is 3. The summed E-state index contributed by atoms with van der Waals surface area (Å²) in [6.45, 7) is 4.56. The number of phenolic OH excluding ortho intramolecular Hbond substituents is 2. The molecule has 3 aromatic carbocycles. The number of H-pyrrole nitrogens is 1. The van der Waals surface area contributed by atoms with Gasteiger partial charge in [0.05, 0.1) is 37.7 Å². The predicted octanol–water partition coefficient (Wildman–Crippen LogP) is -5.20. The number of aromatic nitrogens is 1. The number of carboxylic acid groups (broad SMARTS) is 2. The molecule has 34 nitrogen and oxygen atoms in total. The third-order valence-corrected chi connectivity index (χ3v) is 14.4. The minimum Gasteiger partial charge on any atom is -0.508 e. The van der Waals surface area contributed by atoms with E-state index in [4.69, 9.17) is 22.6 Å². The van der Waals surface area contributed by atoms with Gasteiger partial charge in [-0.25, -0.2) is 4.79 Å². The highest BCUT2D eigenvalue weighted by atomic mass is 16.4. The number of guanidine groups is 1. The molecule has 0 aliphatic rings. The van der Waals surface area contributed by atoms with Gasteiger partial charge in [0, 0.05) is 42.9 Å². The van der Waals surface area contributed by atoms with Crippen molar-refractivity contribution in [3.05, 3.63) is 95.7 Å². The Bertz CT molecular complexity index is 3330. The summed E-state index contributed by atoms with van der Waals surface area (Å²) < 4.78 is 0. The Morgan fingerprint density at radius 1 is 0.521 bits per heavy atom. The molecule has 512 valence electrons. The number of hydrogen-bond acceptors (Lipinski definition) is 19. The predicted molar refractivity (Wildman–Crippen MR) is 334 cm³/mol. The van der Waals surface area contributed by atoms with E-state index in [2.05, 4.69) is 58.2 Å². The van der Waals surface area contributed by atoms with E-state index in [-0.39, 0.29) is 61.2 Å². The van der Waals surface area contributed by atoms with Crippen LogP contribution in [0.15, 0.2) is 79.0 Å². The largest absolute Gasteiger partial charge is 0.508 e. The van der Waals surface area contributed by atoms with Gasteiger partial charge in [-0.2, -0.15) is 0 Å². The number of primary amides is 1. The molecule has 10 amide bonds. The topological polar surface area (TPSA) is 584 Å². The third-order valence-electron chi connectivity index (χ3n) is 14.4. The van der Waals surface area contributed by atoms with Crippen LogP contribution in [-0.4, -0.2) is 203 Å². The summed E-state index contributed by atoms with van der Waals surface area (Å²) in [5, 5.41) is 102. The number of aliphatic hydroxyl groups is 3. The summed E-state index contributed by atoms with van der Waals surface area (Å²) in [7, 11) is 0. The van der Waals surface area contributed by atoms with Crippen molar-refractivity contribution in [2.75, 3.05) is 13.2 Å². The number of fused-ring (bicyclic) bond motifs is 1. The molecule has 1 heterocycles. The second-order valence-electron chi connectivity index (χ2n) is 22.7. The minimum atomic E-state index is -2.06. The molecule has 0 saturated carbocycles. The standard InChI is InChI=1S/C60H83N15O19/c1-28(2)20-39(56(90)74-48(29(3)77)58(92)75-49(30(4)78)59(93)94)68-53(87)42(23-33-26-66-38-10-6-5-8-36(33)38)71-51(85)40(21-31-11-15-34(79)16-12-31)70-57(91)45(27-76)73-52(86)41(22-32-13-17-35(80)18-14-32)69-55(89)44(25-47(82)83)72-54(88)43(24-46(62)81)67-50(84)37(61)9-7-19-65-60(63)64/h5-6,8,10-18,26,28-30,37,39-45,48-49,66,76-80H,7,9,19-25,27,61H2,1-4H3,(H2,62,81)(H,67,84)(H,68,87)(H,69,89)(H,70,91)(H,71,85)(H,72,88)(H,73,86)(H,74,90)(H,75,92)(H,82,83)(H,93,94)(H4,63,64,65)/t29-,30-,37+,39+,40+,41+,42+,43+,44+,45+,48+,49+/m1/s1. The lowest BCUT2D eigenvalue weighted by Crippen LogP contribution is -2.62. The van der Waals surface area contributed by atoms with E-state index in [1.165, 1.54) is 48.5 Å². The van der Waals surface area contributed by atoms with Crippen LogP contribution >= 0.6 is 0 Å². The van der Waals surface area contributed by atoms with Gasteiger partial charge in [-0.05, 0) is 86.1 Å². The molecule has 0 bridgehead atoms. The van der Waals surface area contributed by atoms with Gasteiger partial charge in [0.2, 0.25) is 59.1 Å². The van der Waals surface area contributed by atoms with E-state index < -0.39 is 176 Å². The zero-order chi connectivity index (χ0) is 70.1. The molecular formula is C60H83N15O19. The quantitative estimate of drug-likeness (QED) is 0.0113. The first-order chi connectivity index (χ1) is 44.3. The zero-order valence-corrected chi connectivity index (χ0v) is 51.8. The van der Waals surface area contributed by atoms with Crippen LogP contribution in [0.25, 0.3) is 10.9 Å². The molecule has 4 aromatic rings. The summed E-state index contributed by atoms with van der Waals surface area (Å²) in [5.74, 6) is -15.9. The van der Waals surface area contributed by atoms with Crippen LogP contribution in [0.4, 0.5) is 0 Å². The number of aliphatic hydroxyl groups excluding tert-OH is 3. The van der Waals surface area contributed by atoms with Gasteiger partial charge in [-0.3, -0.25) is 58.1 Å². The van der Waals surface area contributed by atoms with Crippen LogP contribution in [0.3, 0.4) is 0 Å². The lowest BCUT2D eigenvalue weighted by atomic mass is 9.99. The number of nitrogens with two attached hydrogens (primary N) is 3. The van der Waals surface area contributed by atoms with Crippen LogP contribution in [0.2, 0.25) is 0 Å². The first kappa shape index (κ1) is 76.0. The fraction of sp³-hybridized carbons (Fsp3) is 0.450. The van der Waals surface area contributed by atoms with Gasteiger partial charge in [0.15, 0.2) is 12.0 Å². The Morgan fingerprint density at radius 3 is 1.41 bits per heavy atom. The molecule has 0 radical (unpaired) electrons. The maximum Gasteiger partial charge on any atom is 0.328 e. The summed E-state index contributed by atoms with van der Waals surface area (Å²) in [4.78, 5) is 166. The maximum absolute atomic E-state index is 14.9. The number of aliphatic carboxylic acids is 2. The van der Waals surface area contributed by atoms with E-state index in [1.54, 1.807) is 44.3 Å². The first-order valence-electron chi connectivity index (χ1n) is 29.6. The van der Waals surface area contributed by atoms with Crippen molar-refractivity contribution in [1.82, 2.24) is 58.2 Å². The Morgan fingerprint density at radius 2 is 0.947 bits per heavy atom. The Balaban J connectivity index is 1.68. The van der Waals surface area contributed by atoms with Crippen LogP contribution in [0.1, 0.15) is 76.5 Å². The van der Waals surface area contributed by atoms with E-state index in [9.17, 15) is 93.3 Å². The van der Waals surface area contributed by atoms with Crippen molar-refractivity contribution < 1.29 is 93.3 Å². The van der Waals surface area contributed by atoms with E-state index in [0.29, 0.717) is 22.0 Å². The minimum absolute atomic E-state index is 0.00602. The van der Waals surface area contributed by atoms with Crippen LogP contribution in [-0.2, 0) is 76.8 Å². The van der Waals surface area contributed by atoms with E-state index in [1.807, 2.05) is 0 Å². The molecule has 0 aliphatic heterocycles. The molecule has 94 heavy (non-hydrogen) atoms. The zero-order valence-electron chi connectivity index (χ0n) is 51.8. The van der Waals surface area contributed by atoms with Crippen molar-refractivity contribution >= 4 is 87.9 Å². The van der Waals surface area contributed by atoms with Crippen molar-refractivity contribution in [2.24, 2.45) is 23.1 Å². The number of rotatable bonds is 38. The Kier molecular flexibility index (Phi) is 29.6. The van der Waals surface area contributed by atoms with Gasteiger partial charge >= 0.3 is 11.9 Å². The number of phenols is 2. The van der Waals surface area contributed by atoms with Crippen LogP contribution in [0.5, 0.6) is 11.5 Å². The Hall–Kier alpha value is -10.4. The molecular weight excluding hydrogens is 1230 g/mol. The average molecular weight is 1320 g/mol. The molecule has 0 unspecified atom stereocenters. The maximum atomic E-state index is 14.9. The molecule has 0 spiro atoms. The number of para-hydroxylation sites is 1. The monoisotopic (exact) mass is 1320 g/mol. The molecule has 25 N–H and O–H groups in total. The first-order valence-corrected chi connectivity index (χ1v) is 29.6. The van der Waals surface area contributed by atoms with E-state index >= 15 is 0 Å². The summed E-state index contributed by atoms with van der Waals surface area (Å²) in [6.07, 6.45) is -4.80. The summed E-state index contributed by atoms with van der Waals surface area (Å²) in [6, 6.07) is -0.144. The van der Waals surface area contributed by atoms with Crippen molar-refractivity contribution in [3.8, 4) is 11.5 Å². The lowest BCUT2D eigenvalue weighted by molar-refractivity contribution is -0.146. The second-order valence-corrected chi connectivity index (χ2v) is 22.7. The number of amides is 10. The number of nitrogens with one attached hydrogen (secondary N) is 12. The van der Waals surface area contributed by atoms with Gasteiger partial charge in [-0.15, -0.1) is 0 Å². The molecule has 0 aliphatic carbocycles. The SMILES string of the molecule is CC(C)C[C@H](NC(=O)[C@H](Cc1c[nH]c2ccccc12)NC(=O)[C@H](Cc1ccc(O)cc1)NC(=O)[C@H](CO)NC(=O)[C@H](Cc1ccc(O)cc1)NC(=O)[C@H](CC(=O)O)NC(=O)[C@H](CC(N)=O)NC(=O)[C@@H](N)CCCNC(=N)N)C(=O)N[C@H](C(=O)N[C@H](C(=O)O)[C@@H](C)O)[C@@H](C)O. The normalized spacial score (nSPS) is 15.0. The second kappa shape index (κ2) is 36.6. The third kappa shape index (κ3) is 24.6. The fourth-order valence-electron chi connectivity index (χ4n) is 9.45.